The summed E-state index contributed by atoms with van der Waals surface area (Å²) < 4.78 is 24.1. The van der Waals surface area contributed by atoms with Crippen LogP contribution in [0.15, 0.2) is 29.2 Å². The van der Waals surface area contributed by atoms with Crippen molar-refractivity contribution in [3.05, 3.63) is 24.3 Å². The second kappa shape index (κ2) is 4.55. The standard InChI is InChI=1S/C13H20N2O2S/c1-3-13(14)9-15(10-13)11-7-5-6-8-12(11)18(16,17)4-2/h5-8H,3-4,9-10,14H2,1-2H3. The lowest BCUT2D eigenvalue weighted by molar-refractivity contribution is 0.321. The van der Waals surface area contributed by atoms with Crippen LogP contribution in [0.4, 0.5) is 5.69 Å². The first kappa shape index (κ1) is 13.4. The van der Waals surface area contributed by atoms with Gasteiger partial charge in [0.05, 0.1) is 21.9 Å². The monoisotopic (exact) mass is 268 g/mol. The van der Waals surface area contributed by atoms with E-state index in [1.54, 1.807) is 19.1 Å². The van der Waals surface area contributed by atoms with Gasteiger partial charge in [-0.3, -0.25) is 0 Å². The van der Waals surface area contributed by atoms with Crippen molar-refractivity contribution >= 4 is 15.5 Å². The van der Waals surface area contributed by atoms with Crippen LogP contribution in [0.25, 0.3) is 0 Å². The summed E-state index contributed by atoms with van der Waals surface area (Å²) in [4.78, 5) is 2.47. The Labute approximate surface area is 109 Å². The minimum absolute atomic E-state index is 0.124. The minimum atomic E-state index is -3.18. The van der Waals surface area contributed by atoms with E-state index in [0.29, 0.717) is 4.90 Å². The Morgan fingerprint density at radius 3 is 2.44 bits per heavy atom. The second-order valence-electron chi connectivity index (χ2n) is 4.94. The third-order valence-electron chi connectivity index (χ3n) is 3.64. The van der Waals surface area contributed by atoms with Crippen molar-refractivity contribution in [3.8, 4) is 0 Å². The lowest BCUT2D eigenvalue weighted by atomic mass is 9.88. The van der Waals surface area contributed by atoms with E-state index in [2.05, 4.69) is 6.92 Å². The lowest BCUT2D eigenvalue weighted by Crippen LogP contribution is -2.67. The van der Waals surface area contributed by atoms with Gasteiger partial charge in [0.2, 0.25) is 0 Å². The predicted molar refractivity (Wildman–Crippen MR) is 73.6 cm³/mol. The Morgan fingerprint density at radius 1 is 1.28 bits per heavy atom. The highest BCUT2D eigenvalue weighted by molar-refractivity contribution is 7.91. The predicted octanol–water partition coefficient (Wildman–Crippen LogP) is 1.41. The summed E-state index contributed by atoms with van der Waals surface area (Å²) in [6.07, 6.45) is 0.909. The van der Waals surface area contributed by atoms with E-state index in [-0.39, 0.29) is 11.3 Å². The van der Waals surface area contributed by atoms with Gasteiger partial charge in [-0.15, -0.1) is 0 Å². The van der Waals surface area contributed by atoms with Crippen LogP contribution >= 0.6 is 0 Å². The molecule has 0 atom stereocenters. The van der Waals surface area contributed by atoms with Crippen LogP contribution in [-0.2, 0) is 9.84 Å². The maximum Gasteiger partial charge on any atom is 0.180 e. The molecule has 0 amide bonds. The number of benzene rings is 1. The van der Waals surface area contributed by atoms with Gasteiger partial charge in [0.1, 0.15) is 0 Å². The highest BCUT2D eigenvalue weighted by Crippen LogP contribution is 2.33. The molecule has 5 heteroatoms. The molecule has 0 spiro atoms. The number of nitrogens with zero attached hydrogens (tertiary/aromatic N) is 1. The zero-order valence-corrected chi connectivity index (χ0v) is 11.7. The number of hydrogen-bond donors (Lipinski definition) is 1. The topological polar surface area (TPSA) is 63.4 Å². The molecular formula is C13H20N2O2S. The summed E-state index contributed by atoms with van der Waals surface area (Å²) in [5, 5.41) is 0. The van der Waals surface area contributed by atoms with Crippen LogP contribution in [-0.4, -0.2) is 32.8 Å². The third kappa shape index (κ3) is 2.24. The highest BCUT2D eigenvalue weighted by Gasteiger charge is 2.39. The Hall–Kier alpha value is -1.07. The molecule has 1 aromatic carbocycles. The SMILES string of the molecule is CCC1(N)CN(c2ccccc2S(=O)(=O)CC)C1. The first-order chi connectivity index (χ1) is 8.42. The zero-order chi connectivity index (χ0) is 13.4. The van der Waals surface area contributed by atoms with Gasteiger partial charge in [-0.1, -0.05) is 26.0 Å². The van der Waals surface area contributed by atoms with E-state index >= 15 is 0 Å². The Morgan fingerprint density at radius 2 is 1.89 bits per heavy atom. The van der Waals surface area contributed by atoms with Crippen molar-refractivity contribution in [2.75, 3.05) is 23.7 Å². The van der Waals surface area contributed by atoms with E-state index in [9.17, 15) is 8.42 Å². The van der Waals surface area contributed by atoms with Gasteiger partial charge < -0.3 is 10.6 Å². The van der Waals surface area contributed by atoms with Crippen molar-refractivity contribution in [2.45, 2.75) is 30.7 Å². The number of anilines is 1. The fourth-order valence-corrected chi connectivity index (χ4v) is 3.36. The molecule has 2 N–H and O–H groups in total. The normalized spacial score (nSPS) is 18.5. The fraction of sp³-hybridized carbons (Fsp3) is 0.538. The molecule has 0 unspecified atom stereocenters. The Kier molecular flexibility index (Phi) is 3.38. The van der Waals surface area contributed by atoms with E-state index in [1.165, 1.54) is 0 Å². The van der Waals surface area contributed by atoms with Crippen LogP contribution in [0.3, 0.4) is 0 Å². The van der Waals surface area contributed by atoms with E-state index in [4.69, 9.17) is 5.73 Å². The summed E-state index contributed by atoms with van der Waals surface area (Å²) >= 11 is 0. The van der Waals surface area contributed by atoms with E-state index < -0.39 is 9.84 Å². The third-order valence-corrected chi connectivity index (χ3v) is 5.41. The molecule has 1 aromatic rings. The number of hydrogen-bond acceptors (Lipinski definition) is 4. The first-order valence-electron chi connectivity index (χ1n) is 6.27. The van der Waals surface area contributed by atoms with Gasteiger partial charge in [0.25, 0.3) is 0 Å². The van der Waals surface area contributed by atoms with E-state index in [1.807, 2.05) is 17.0 Å². The Balaban J connectivity index is 2.31. The van der Waals surface area contributed by atoms with Crippen LogP contribution in [0.5, 0.6) is 0 Å². The Bertz CT molecular complexity index is 534. The molecule has 0 radical (unpaired) electrons. The molecule has 0 aromatic heterocycles. The molecule has 1 saturated heterocycles. The lowest BCUT2D eigenvalue weighted by Gasteiger charge is -2.49. The van der Waals surface area contributed by atoms with Crippen LogP contribution in [0.2, 0.25) is 0 Å². The quantitative estimate of drug-likeness (QED) is 0.896. The van der Waals surface area contributed by atoms with Crippen molar-refractivity contribution in [2.24, 2.45) is 5.73 Å². The molecule has 1 fully saturated rings. The molecular weight excluding hydrogens is 248 g/mol. The van der Waals surface area contributed by atoms with E-state index in [0.717, 1.165) is 25.2 Å². The highest BCUT2D eigenvalue weighted by atomic mass is 32.2. The minimum Gasteiger partial charge on any atom is -0.367 e. The number of rotatable bonds is 4. The molecule has 0 saturated carbocycles. The van der Waals surface area contributed by atoms with Crippen LogP contribution < -0.4 is 10.6 Å². The maximum absolute atomic E-state index is 12.0. The molecule has 100 valence electrons. The van der Waals surface area contributed by atoms with Gasteiger partial charge in [0, 0.05) is 13.1 Å². The average molecular weight is 268 g/mol. The molecule has 1 aliphatic heterocycles. The van der Waals surface area contributed by atoms with Gasteiger partial charge >= 0.3 is 0 Å². The van der Waals surface area contributed by atoms with Crippen LogP contribution in [0, 0.1) is 0 Å². The molecule has 4 nitrogen and oxygen atoms in total. The summed E-state index contributed by atoms with van der Waals surface area (Å²) in [5.74, 6) is 0.124. The molecule has 0 aliphatic carbocycles. The zero-order valence-electron chi connectivity index (χ0n) is 10.9. The average Bonchev–Trinajstić information content (AvgIpc) is 2.35. The second-order valence-corrected chi connectivity index (χ2v) is 7.19. The van der Waals surface area contributed by atoms with Crippen molar-refractivity contribution in [3.63, 3.8) is 0 Å². The summed E-state index contributed by atoms with van der Waals surface area (Å²) in [6, 6.07) is 7.17. The summed E-state index contributed by atoms with van der Waals surface area (Å²) in [5.41, 5.74) is 6.75. The van der Waals surface area contributed by atoms with Crippen molar-refractivity contribution in [1.29, 1.82) is 0 Å². The van der Waals surface area contributed by atoms with Crippen molar-refractivity contribution in [1.82, 2.24) is 0 Å². The number of para-hydroxylation sites is 1. The van der Waals surface area contributed by atoms with Crippen LogP contribution in [0.1, 0.15) is 20.3 Å². The van der Waals surface area contributed by atoms with Gasteiger partial charge in [-0.05, 0) is 18.6 Å². The van der Waals surface area contributed by atoms with Gasteiger partial charge in [0.15, 0.2) is 9.84 Å². The summed E-state index contributed by atoms with van der Waals surface area (Å²) in [7, 11) is -3.18. The van der Waals surface area contributed by atoms with Gasteiger partial charge in [-0.2, -0.15) is 0 Å². The molecule has 1 heterocycles. The molecule has 18 heavy (non-hydrogen) atoms. The van der Waals surface area contributed by atoms with Crippen molar-refractivity contribution < 1.29 is 8.42 Å². The largest absolute Gasteiger partial charge is 0.367 e. The molecule has 1 aliphatic rings. The maximum atomic E-state index is 12.0. The summed E-state index contributed by atoms with van der Waals surface area (Å²) in [6.45, 7) is 5.17. The number of nitrogens with two attached hydrogens (primary N) is 1. The number of sulfone groups is 1. The van der Waals surface area contributed by atoms with Gasteiger partial charge in [-0.25, -0.2) is 8.42 Å². The molecule has 0 bridgehead atoms. The molecule has 2 rings (SSSR count). The first-order valence-corrected chi connectivity index (χ1v) is 7.93. The fourth-order valence-electron chi connectivity index (χ4n) is 2.24. The smallest absolute Gasteiger partial charge is 0.180 e.